The summed E-state index contributed by atoms with van der Waals surface area (Å²) in [5, 5.41) is 1.58. The summed E-state index contributed by atoms with van der Waals surface area (Å²) in [7, 11) is 1.36. The molecule has 0 saturated heterocycles. The number of thiophene rings is 1. The standard InChI is InChI=1S/C8H9ClO4S3/c1-3-13-8(10)6-7(16(9,11)12)5(14-2)4-15-6/h4H,3H2,1-2H3. The molecule has 1 aromatic heterocycles. The minimum absolute atomic E-state index is 0.0289. The van der Waals surface area contributed by atoms with Crippen LogP contribution >= 0.6 is 33.8 Å². The van der Waals surface area contributed by atoms with E-state index in [9.17, 15) is 13.2 Å². The molecule has 90 valence electrons. The molecule has 0 unspecified atom stereocenters. The SMILES string of the molecule is CCOC(=O)c1scc(SC)c1S(=O)(=O)Cl. The van der Waals surface area contributed by atoms with Crippen molar-refractivity contribution >= 4 is 48.8 Å². The van der Waals surface area contributed by atoms with Gasteiger partial charge in [-0.3, -0.25) is 0 Å². The monoisotopic (exact) mass is 300 g/mol. The number of halogens is 1. The van der Waals surface area contributed by atoms with Crippen molar-refractivity contribution < 1.29 is 17.9 Å². The quantitative estimate of drug-likeness (QED) is 0.486. The molecule has 0 aliphatic heterocycles. The third-order valence-electron chi connectivity index (χ3n) is 1.64. The highest BCUT2D eigenvalue weighted by molar-refractivity contribution is 8.14. The molecule has 0 aliphatic carbocycles. The van der Waals surface area contributed by atoms with Gasteiger partial charge in [-0.05, 0) is 13.2 Å². The van der Waals surface area contributed by atoms with E-state index in [-0.39, 0.29) is 16.4 Å². The van der Waals surface area contributed by atoms with Crippen molar-refractivity contribution in [3.8, 4) is 0 Å². The van der Waals surface area contributed by atoms with Crippen LogP contribution in [0.25, 0.3) is 0 Å². The van der Waals surface area contributed by atoms with Crippen LogP contribution in [0.3, 0.4) is 0 Å². The van der Waals surface area contributed by atoms with Gasteiger partial charge in [0.15, 0.2) is 0 Å². The maximum absolute atomic E-state index is 11.5. The number of esters is 1. The Morgan fingerprint density at radius 1 is 1.62 bits per heavy atom. The highest BCUT2D eigenvalue weighted by Crippen LogP contribution is 2.35. The molecule has 0 amide bonds. The molecule has 0 fully saturated rings. The van der Waals surface area contributed by atoms with Crippen molar-refractivity contribution in [2.75, 3.05) is 12.9 Å². The summed E-state index contributed by atoms with van der Waals surface area (Å²) in [6, 6.07) is 0. The maximum atomic E-state index is 11.5. The Morgan fingerprint density at radius 3 is 2.69 bits per heavy atom. The molecule has 0 atom stereocenters. The number of ether oxygens (including phenoxy) is 1. The van der Waals surface area contributed by atoms with Crippen LogP contribution in [-0.2, 0) is 13.8 Å². The lowest BCUT2D eigenvalue weighted by molar-refractivity contribution is 0.0527. The Labute approximate surface area is 106 Å². The molecule has 0 bridgehead atoms. The second kappa shape index (κ2) is 5.39. The van der Waals surface area contributed by atoms with Gasteiger partial charge >= 0.3 is 5.97 Å². The van der Waals surface area contributed by atoms with Gasteiger partial charge in [-0.15, -0.1) is 23.1 Å². The lowest BCUT2D eigenvalue weighted by Crippen LogP contribution is -2.06. The molecule has 0 N–H and O–H groups in total. The number of hydrogen-bond donors (Lipinski definition) is 0. The normalized spacial score (nSPS) is 11.4. The van der Waals surface area contributed by atoms with Crippen LogP contribution in [0.4, 0.5) is 0 Å². The van der Waals surface area contributed by atoms with E-state index >= 15 is 0 Å². The second-order valence-electron chi connectivity index (χ2n) is 2.62. The van der Waals surface area contributed by atoms with Crippen LogP contribution in [0.1, 0.15) is 16.6 Å². The average molecular weight is 301 g/mol. The second-order valence-corrected chi connectivity index (χ2v) is 6.85. The summed E-state index contributed by atoms with van der Waals surface area (Å²) < 4.78 is 27.5. The van der Waals surface area contributed by atoms with Crippen molar-refractivity contribution in [2.45, 2.75) is 16.7 Å². The Kier molecular flexibility index (Phi) is 4.66. The number of carbonyl (C=O) groups is 1. The predicted molar refractivity (Wildman–Crippen MR) is 65.1 cm³/mol. The van der Waals surface area contributed by atoms with E-state index in [1.54, 1.807) is 18.6 Å². The summed E-state index contributed by atoms with van der Waals surface area (Å²) >= 11 is 2.23. The summed E-state index contributed by atoms with van der Waals surface area (Å²) in [6.45, 7) is 1.84. The zero-order valence-electron chi connectivity index (χ0n) is 8.52. The van der Waals surface area contributed by atoms with E-state index in [4.69, 9.17) is 15.4 Å². The summed E-state index contributed by atoms with van der Waals surface area (Å²) in [4.78, 5) is 11.8. The zero-order chi connectivity index (χ0) is 12.3. The first-order valence-electron chi connectivity index (χ1n) is 4.19. The highest BCUT2D eigenvalue weighted by Gasteiger charge is 2.27. The van der Waals surface area contributed by atoms with Gasteiger partial charge < -0.3 is 4.74 Å². The fourth-order valence-electron chi connectivity index (χ4n) is 1.04. The van der Waals surface area contributed by atoms with E-state index in [2.05, 4.69) is 0 Å². The molecule has 0 spiro atoms. The van der Waals surface area contributed by atoms with E-state index in [1.807, 2.05) is 0 Å². The van der Waals surface area contributed by atoms with E-state index in [0.717, 1.165) is 11.3 Å². The minimum Gasteiger partial charge on any atom is -0.462 e. The largest absolute Gasteiger partial charge is 0.462 e. The van der Waals surface area contributed by atoms with Gasteiger partial charge in [0.2, 0.25) is 0 Å². The molecular weight excluding hydrogens is 292 g/mol. The number of carbonyl (C=O) groups excluding carboxylic acids is 1. The molecule has 0 aromatic carbocycles. The topological polar surface area (TPSA) is 60.4 Å². The Balaban J connectivity index is 3.31. The van der Waals surface area contributed by atoms with Crippen LogP contribution in [0.5, 0.6) is 0 Å². The Morgan fingerprint density at radius 2 is 2.25 bits per heavy atom. The summed E-state index contributed by atoms with van der Waals surface area (Å²) in [6.07, 6.45) is 1.71. The molecule has 4 nitrogen and oxygen atoms in total. The lowest BCUT2D eigenvalue weighted by atomic mass is 10.5. The van der Waals surface area contributed by atoms with E-state index < -0.39 is 15.0 Å². The van der Waals surface area contributed by atoms with Crippen molar-refractivity contribution in [3.05, 3.63) is 10.3 Å². The molecule has 0 aliphatic rings. The van der Waals surface area contributed by atoms with Gasteiger partial charge in [-0.1, -0.05) is 0 Å². The predicted octanol–water partition coefficient (Wildman–Crippen LogP) is 2.57. The first-order chi connectivity index (χ1) is 7.41. The number of hydrogen-bond acceptors (Lipinski definition) is 6. The lowest BCUT2D eigenvalue weighted by Gasteiger charge is -2.02. The van der Waals surface area contributed by atoms with Gasteiger partial charge in [-0.2, -0.15) is 0 Å². The fraction of sp³-hybridized carbons (Fsp3) is 0.375. The van der Waals surface area contributed by atoms with Crippen LogP contribution in [0.2, 0.25) is 0 Å². The van der Waals surface area contributed by atoms with E-state index in [0.29, 0.717) is 4.90 Å². The average Bonchev–Trinajstić information content (AvgIpc) is 2.60. The summed E-state index contributed by atoms with van der Waals surface area (Å²) in [5.41, 5.74) is 0. The van der Waals surface area contributed by atoms with Gasteiger partial charge in [0.25, 0.3) is 9.05 Å². The van der Waals surface area contributed by atoms with Crippen LogP contribution in [0.15, 0.2) is 15.2 Å². The molecule has 1 rings (SSSR count). The zero-order valence-corrected chi connectivity index (χ0v) is 11.7. The highest BCUT2D eigenvalue weighted by atomic mass is 35.7. The summed E-state index contributed by atoms with van der Waals surface area (Å²) in [5.74, 6) is -0.660. The minimum atomic E-state index is -3.94. The first kappa shape index (κ1) is 13.8. The van der Waals surface area contributed by atoms with Crippen LogP contribution in [-0.4, -0.2) is 27.2 Å². The molecule has 1 aromatic rings. The molecule has 8 heteroatoms. The number of thioether (sulfide) groups is 1. The first-order valence-corrected chi connectivity index (χ1v) is 8.60. The van der Waals surface area contributed by atoms with Crippen molar-refractivity contribution in [3.63, 3.8) is 0 Å². The van der Waals surface area contributed by atoms with Gasteiger partial charge in [-0.25, -0.2) is 13.2 Å². The van der Waals surface area contributed by atoms with Gasteiger partial charge in [0, 0.05) is 21.0 Å². The van der Waals surface area contributed by atoms with Crippen molar-refractivity contribution in [1.29, 1.82) is 0 Å². The molecule has 1 heterocycles. The Hall–Kier alpha value is -0.240. The number of rotatable bonds is 4. The smallest absolute Gasteiger partial charge is 0.349 e. The third kappa shape index (κ3) is 2.91. The fourth-order valence-corrected chi connectivity index (χ4v) is 5.12. The van der Waals surface area contributed by atoms with Crippen LogP contribution < -0.4 is 0 Å². The van der Waals surface area contributed by atoms with Crippen molar-refractivity contribution in [2.24, 2.45) is 0 Å². The molecule has 0 saturated carbocycles. The maximum Gasteiger partial charge on any atom is 0.349 e. The van der Waals surface area contributed by atoms with Crippen molar-refractivity contribution in [1.82, 2.24) is 0 Å². The van der Waals surface area contributed by atoms with Gasteiger partial charge in [0.05, 0.1) is 6.61 Å². The molecule has 16 heavy (non-hydrogen) atoms. The van der Waals surface area contributed by atoms with Gasteiger partial charge in [0.1, 0.15) is 9.77 Å². The Bertz CT molecular complexity index is 491. The van der Waals surface area contributed by atoms with Crippen LogP contribution in [0, 0.1) is 0 Å². The van der Waals surface area contributed by atoms with E-state index in [1.165, 1.54) is 11.8 Å². The molecular formula is C8H9ClO4S3. The third-order valence-corrected chi connectivity index (χ3v) is 5.14. The molecule has 0 radical (unpaired) electrons.